The molecule has 5 nitrogen and oxygen atoms in total. The summed E-state index contributed by atoms with van der Waals surface area (Å²) in [5.41, 5.74) is 0.737. The van der Waals surface area contributed by atoms with Crippen molar-refractivity contribution < 1.29 is 14.4 Å². The molecule has 0 unspecified atom stereocenters. The first-order valence-corrected chi connectivity index (χ1v) is 5.25. The van der Waals surface area contributed by atoms with Crippen molar-refractivity contribution in [3.63, 3.8) is 0 Å². The zero-order valence-corrected chi connectivity index (χ0v) is 9.30. The van der Waals surface area contributed by atoms with Crippen molar-refractivity contribution in [3.8, 4) is 5.75 Å². The van der Waals surface area contributed by atoms with Gasteiger partial charge < -0.3 is 14.9 Å². The van der Waals surface area contributed by atoms with E-state index in [0.29, 0.717) is 17.9 Å². The summed E-state index contributed by atoms with van der Waals surface area (Å²) in [6, 6.07) is 7.90. The number of amides is 1. The summed E-state index contributed by atoms with van der Waals surface area (Å²) in [6.07, 6.45) is 0.687. The molecular weight excluding hydrogens is 220 g/mol. The van der Waals surface area contributed by atoms with Gasteiger partial charge in [-0.05, 0) is 12.1 Å². The molecule has 0 atom stereocenters. The number of aromatic hydroxyl groups is 1. The second-order valence-corrected chi connectivity index (χ2v) is 3.54. The predicted molar refractivity (Wildman–Crippen MR) is 61.9 cm³/mol. The smallest absolute Gasteiger partial charge is 0.277 e. The molecule has 0 saturated heterocycles. The van der Waals surface area contributed by atoms with Crippen molar-refractivity contribution in [1.82, 2.24) is 5.16 Å². The molecule has 2 rings (SSSR count). The summed E-state index contributed by atoms with van der Waals surface area (Å²) in [6.45, 7) is 1.91. The minimum Gasteiger partial charge on any atom is -0.508 e. The van der Waals surface area contributed by atoms with Gasteiger partial charge in [0.1, 0.15) is 11.5 Å². The lowest BCUT2D eigenvalue weighted by Gasteiger charge is -2.02. The highest BCUT2D eigenvalue weighted by Gasteiger charge is 2.11. The van der Waals surface area contributed by atoms with Crippen LogP contribution in [0.1, 0.15) is 23.2 Å². The van der Waals surface area contributed by atoms with Crippen LogP contribution >= 0.6 is 0 Å². The van der Waals surface area contributed by atoms with Gasteiger partial charge >= 0.3 is 0 Å². The van der Waals surface area contributed by atoms with E-state index in [1.807, 2.05) is 6.92 Å². The van der Waals surface area contributed by atoms with E-state index in [2.05, 4.69) is 10.5 Å². The molecule has 2 aromatic rings. The van der Waals surface area contributed by atoms with E-state index in [9.17, 15) is 9.90 Å². The molecule has 2 N–H and O–H groups in total. The molecule has 1 amide bonds. The highest BCUT2D eigenvalue weighted by molar-refractivity contribution is 6.02. The van der Waals surface area contributed by atoms with Gasteiger partial charge in [0.15, 0.2) is 5.69 Å². The third-order valence-corrected chi connectivity index (χ3v) is 2.24. The number of aromatic nitrogens is 1. The number of anilines is 1. The number of nitrogens with one attached hydrogen (secondary N) is 1. The second-order valence-electron chi connectivity index (χ2n) is 3.54. The Morgan fingerprint density at radius 3 is 2.94 bits per heavy atom. The van der Waals surface area contributed by atoms with Crippen LogP contribution in [0.3, 0.4) is 0 Å². The second kappa shape index (κ2) is 4.69. The fraction of sp³-hybridized carbons (Fsp3) is 0.167. The predicted octanol–water partition coefficient (Wildman–Crippen LogP) is 2.19. The molecule has 0 radical (unpaired) electrons. The van der Waals surface area contributed by atoms with Crippen LogP contribution in [0.15, 0.2) is 34.9 Å². The topological polar surface area (TPSA) is 75.4 Å². The fourth-order valence-corrected chi connectivity index (χ4v) is 1.37. The van der Waals surface area contributed by atoms with Crippen LogP contribution in [-0.4, -0.2) is 16.2 Å². The largest absolute Gasteiger partial charge is 0.508 e. The van der Waals surface area contributed by atoms with E-state index >= 15 is 0 Å². The number of phenolic OH excluding ortho intramolecular Hbond substituents is 1. The maximum absolute atomic E-state index is 11.7. The van der Waals surface area contributed by atoms with Crippen LogP contribution in [0.2, 0.25) is 0 Å². The molecule has 1 heterocycles. The summed E-state index contributed by atoms with van der Waals surface area (Å²) in [4.78, 5) is 11.7. The van der Waals surface area contributed by atoms with Crippen LogP contribution in [0.5, 0.6) is 5.75 Å². The van der Waals surface area contributed by atoms with Crippen LogP contribution in [0, 0.1) is 0 Å². The van der Waals surface area contributed by atoms with Crippen LogP contribution in [-0.2, 0) is 6.42 Å². The first-order valence-electron chi connectivity index (χ1n) is 5.25. The average Bonchev–Trinajstić information content (AvgIpc) is 2.77. The van der Waals surface area contributed by atoms with Gasteiger partial charge in [-0.2, -0.15) is 0 Å². The number of hydrogen-bond donors (Lipinski definition) is 2. The SMILES string of the molecule is CCc1cc(C(=O)Nc2cccc(O)c2)no1. The molecule has 0 aliphatic carbocycles. The molecular formula is C12H12N2O3. The lowest BCUT2D eigenvalue weighted by Crippen LogP contribution is -2.11. The van der Waals surface area contributed by atoms with Gasteiger partial charge in [-0.1, -0.05) is 18.1 Å². The third kappa shape index (κ3) is 2.63. The number of aryl methyl sites for hydroxylation is 1. The minimum absolute atomic E-state index is 0.0946. The van der Waals surface area contributed by atoms with Gasteiger partial charge in [0.2, 0.25) is 0 Å². The zero-order valence-electron chi connectivity index (χ0n) is 9.30. The lowest BCUT2D eigenvalue weighted by molar-refractivity contribution is 0.101. The van der Waals surface area contributed by atoms with E-state index in [4.69, 9.17) is 4.52 Å². The first-order chi connectivity index (χ1) is 8.19. The number of hydrogen-bond acceptors (Lipinski definition) is 4. The van der Waals surface area contributed by atoms with E-state index in [0.717, 1.165) is 0 Å². The highest BCUT2D eigenvalue weighted by Crippen LogP contribution is 2.16. The van der Waals surface area contributed by atoms with Crippen molar-refractivity contribution in [1.29, 1.82) is 0 Å². The number of nitrogens with zero attached hydrogens (tertiary/aromatic N) is 1. The van der Waals surface area contributed by atoms with E-state index in [1.165, 1.54) is 12.1 Å². The Labute approximate surface area is 98.1 Å². The Hall–Kier alpha value is -2.30. The lowest BCUT2D eigenvalue weighted by atomic mass is 10.2. The number of carbonyl (C=O) groups excluding carboxylic acids is 1. The summed E-state index contributed by atoms with van der Waals surface area (Å²) in [5, 5.41) is 15.5. The normalized spacial score (nSPS) is 10.2. The molecule has 0 bridgehead atoms. The summed E-state index contributed by atoms with van der Waals surface area (Å²) < 4.78 is 4.94. The Morgan fingerprint density at radius 2 is 2.29 bits per heavy atom. The monoisotopic (exact) mass is 232 g/mol. The molecule has 88 valence electrons. The Bertz CT molecular complexity index is 534. The first kappa shape index (κ1) is 11.2. The quantitative estimate of drug-likeness (QED) is 0.850. The zero-order chi connectivity index (χ0) is 12.3. The number of rotatable bonds is 3. The number of benzene rings is 1. The van der Waals surface area contributed by atoms with Gasteiger partial charge in [-0.3, -0.25) is 4.79 Å². The van der Waals surface area contributed by atoms with Gasteiger partial charge in [-0.25, -0.2) is 0 Å². The molecule has 5 heteroatoms. The Kier molecular flexibility index (Phi) is 3.09. The molecule has 0 aliphatic heterocycles. The molecule has 0 fully saturated rings. The van der Waals surface area contributed by atoms with E-state index in [1.54, 1.807) is 18.2 Å². The maximum atomic E-state index is 11.7. The van der Waals surface area contributed by atoms with Crippen molar-refractivity contribution in [2.24, 2.45) is 0 Å². The fourth-order valence-electron chi connectivity index (χ4n) is 1.37. The van der Waals surface area contributed by atoms with Crippen molar-refractivity contribution >= 4 is 11.6 Å². The summed E-state index contributed by atoms with van der Waals surface area (Å²) in [5.74, 6) is 0.391. The molecule has 1 aromatic carbocycles. The van der Waals surface area contributed by atoms with Crippen LogP contribution < -0.4 is 5.32 Å². The third-order valence-electron chi connectivity index (χ3n) is 2.24. The van der Waals surface area contributed by atoms with E-state index in [-0.39, 0.29) is 17.4 Å². The molecule has 17 heavy (non-hydrogen) atoms. The average molecular weight is 232 g/mol. The molecule has 0 saturated carbocycles. The molecule has 0 aliphatic rings. The summed E-state index contributed by atoms with van der Waals surface area (Å²) >= 11 is 0. The van der Waals surface area contributed by atoms with Crippen molar-refractivity contribution in [2.75, 3.05) is 5.32 Å². The number of carbonyl (C=O) groups is 1. The van der Waals surface area contributed by atoms with Crippen molar-refractivity contribution in [2.45, 2.75) is 13.3 Å². The Balaban J connectivity index is 2.11. The van der Waals surface area contributed by atoms with Gasteiger partial charge in [0.25, 0.3) is 5.91 Å². The molecule has 0 spiro atoms. The van der Waals surface area contributed by atoms with Crippen LogP contribution in [0.25, 0.3) is 0 Å². The van der Waals surface area contributed by atoms with E-state index < -0.39 is 0 Å². The summed E-state index contributed by atoms with van der Waals surface area (Å²) in [7, 11) is 0. The maximum Gasteiger partial charge on any atom is 0.277 e. The van der Waals surface area contributed by atoms with Gasteiger partial charge in [-0.15, -0.1) is 0 Å². The van der Waals surface area contributed by atoms with Gasteiger partial charge in [0.05, 0.1) is 0 Å². The standard InChI is InChI=1S/C12H12N2O3/c1-2-10-7-11(14-17-10)12(16)13-8-4-3-5-9(15)6-8/h3-7,15H,2H2,1H3,(H,13,16). The Morgan fingerprint density at radius 1 is 1.47 bits per heavy atom. The highest BCUT2D eigenvalue weighted by atomic mass is 16.5. The van der Waals surface area contributed by atoms with Gasteiger partial charge in [0, 0.05) is 24.2 Å². The minimum atomic E-state index is -0.362. The number of phenols is 1. The van der Waals surface area contributed by atoms with Crippen molar-refractivity contribution in [3.05, 3.63) is 41.8 Å². The van der Waals surface area contributed by atoms with Crippen LogP contribution in [0.4, 0.5) is 5.69 Å². The molecule has 1 aromatic heterocycles.